The Morgan fingerprint density at radius 3 is 2.08 bits per heavy atom. The van der Waals surface area contributed by atoms with Crippen LogP contribution in [0.5, 0.6) is 5.75 Å². The van der Waals surface area contributed by atoms with Crippen LogP contribution in [0.1, 0.15) is 30.4 Å². The van der Waals surface area contributed by atoms with Gasteiger partial charge in [0, 0.05) is 24.5 Å². The van der Waals surface area contributed by atoms with Crippen molar-refractivity contribution in [1.82, 2.24) is 4.72 Å². The van der Waals surface area contributed by atoms with Gasteiger partial charge in [0.25, 0.3) is 0 Å². The van der Waals surface area contributed by atoms with Crippen molar-refractivity contribution in [3.05, 3.63) is 83.9 Å². The van der Waals surface area contributed by atoms with Crippen LogP contribution in [0.3, 0.4) is 0 Å². The van der Waals surface area contributed by atoms with Gasteiger partial charge in [-0.15, -0.1) is 13.2 Å². The van der Waals surface area contributed by atoms with E-state index in [0.29, 0.717) is 6.42 Å². The summed E-state index contributed by atoms with van der Waals surface area (Å²) in [4.78, 5) is 2.44. The van der Waals surface area contributed by atoms with Crippen LogP contribution in [-0.4, -0.2) is 40.9 Å². The summed E-state index contributed by atoms with van der Waals surface area (Å²) in [7, 11) is -1.83. The summed E-state index contributed by atoms with van der Waals surface area (Å²) in [5.41, 5.74) is 4.53. The number of nitrogens with zero attached hydrogens (tertiary/aromatic N) is 2. The van der Waals surface area contributed by atoms with E-state index in [9.17, 15) is 22.5 Å². The van der Waals surface area contributed by atoms with E-state index in [4.69, 9.17) is 0 Å². The van der Waals surface area contributed by atoms with E-state index in [2.05, 4.69) is 43.0 Å². The Morgan fingerprint density at radius 2 is 1.53 bits per heavy atom. The molecule has 5 rings (SSSR count). The van der Waals surface area contributed by atoms with Gasteiger partial charge in [0.2, 0.25) is 0 Å². The van der Waals surface area contributed by atoms with Crippen molar-refractivity contribution in [3.63, 3.8) is 0 Å². The van der Waals surface area contributed by atoms with Crippen LogP contribution in [-0.2, 0) is 22.8 Å². The molecule has 10 heteroatoms. The highest BCUT2D eigenvalue weighted by atomic mass is 32.2. The van der Waals surface area contributed by atoms with Crippen molar-refractivity contribution >= 4 is 21.3 Å². The molecular weight excluding hydrogens is 515 g/mol. The Bertz CT molecular complexity index is 1360. The van der Waals surface area contributed by atoms with Gasteiger partial charge in [0.05, 0.1) is 17.0 Å². The van der Waals surface area contributed by atoms with Crippen LogP contribution in [0.25, 0.3) is 0 Å². The molecule has 38 heavy (non-hydrogen) atoms. The third kappa shape index (κ3) is 5.39. The highest BCUT2D eigenvalue weighted by Gasteiger charge is 2.39. The number of aryl methyl sites for hydroxylation is 2. The summed E-state index contributed by atoms with van der Waals surface area (Å²) in [6, 6.07) is 20.5. The molecule has 6 nitrogen and oxygen atoms in total. The van der Waals surface area contributed by atoms with Crippen molar-refractivity contribution in [1.29, 1.82) is 0 Å². The molecule has 1 aliphatic heterocycles. The molecule has 0 radical (unpaired) electrons. The molecule has 4 atom stereocenters. The van der Waals surface area contributed by atoms with Gasteiger partial charge >= 0.3 is 6.36 Å². The Morgan fingerprint density at radius 1 is 0.947 bits per heavy atom. The number of fused-ring (bicyclic) bond motifs is 2. The van der Waals surface area contributed by atoms with E-state index in [-0.39, 0.29) is 10.9 Å². The molecular formula is C28H30F3N3O3S. The number of para-hydroxylation sites is 2. The Hall–Kier alpha value is -3.08. The molecule has 0 amide bonds. The minimum Gasteiger partial charge on any atom is -0.406 e. The summed E-state index contributed by atoms with van der Waals surface area (Å²) in [6.45, 7) is 0. The molecule has 0 aromatic heterocycles. The first-order chi connectivity index (χ1) is 18.2. The van der Waals surface area contributed by atoms with Crippen LogP contribution in [0.4, 0.5) is 24.5 Å². The van der Waals surface area contributed by atoms with Crippen molar-refractivity contribution in [3.8, 4) is 5.75 Å². The summed E-state index contributed by atoms with van der Waals surface area (Å²) in [5.74, 6) is -0.407. The van der Waals surface area contributed by atoms with Crippen molar-refractivity contribution in [2.75, 3.05) is 11.9 Å². The van der Waals surface area contributed by atoms with Crippen LogP contribution in [0.15, 0.2) is 82.1 Å². The molecule has 202 valence electrons. The normalized spacial score (nSPS) is 23.0. The summed E-state index contributed by atoms with van der Waals surface area (Å²) in [6.07, 6.45) is -1.79. The number of rotatable bonds is 5. The number of aliphatic hydroxyl groups is 1. The highest BCUT2D eigenvalue weighted by Crippen LogP contribution is 2.41. The molecule has 3 aromatic rings. The zero-order chi connectivity index (χ0) is 26.9. The lowest BCUT2D eigenvalue weighted by atomic mass is 9.86. The fraction of sp³-hybridized carbons (Fsp3) is 0.357. The van der Waals surface area contributed by atoms with Crippen molar-refractivity contribution in [2.24, 2.45) is 4.36 Å². The van der Waals surface area contributed by atoms with Crippen LogP contribution in [0.2, 0.25) is 0 Å². The zero-order valence-corrected chi connectivity index (χ0v) is 21.7. The first-order valence-electron chi connectivity index (χ1n) is 12.6. The summed E-state index contributed by atoms with van der Waals surface area (Å²) < 4.78 is 62.6. The maximum Gasteiger partial charge on any atom is 0.573 e. The number of ether oxygens (including phenoxy) is 1. The largest absolute Gasteiger partial charge is 0.573 e. The third-order valence-corrected chi connectivity index (χ3v) is 9.31. The number of anilines is 2. The Labute approximate surface area is 220 Å². The lowest BCUT2D eigenvalue weighted by molar-refractivity contribution is -0.274. The van der Waals surface area contributed by atoms with Gasteiger partial charge < -0.3 is 14.7 Å². The van der Waals surface area contributed by atoms with E-state index in [1.165, 1.54) is 30.3 Å². The zero-order valence-electron chi connectivity index (χ0n) is 20.9. The second-order valence-electron chi connectivity index (χ2n) is 9.57. The smallest absolute Gasteiger partial charge is 0.406 e. The standard InChI is InChI=1S/C28H30F3N3O3S/c1-32-38(36,22-17-15-21(16-18-22)37-28(29,30)31)33-23-9-6-12-26(27(23)35)34-24-10-4-2-7-19(24)13-14-20-8-3-5-11-25(20)34/h2-5,7-8,10-11,15-18,23,26-27,35H,6,9,12-14H2,1H3,(H,32,33,36)/t23-,26+,27+,38?/m0/s1. The number of halogens is 3. The minimum absolute atomic E-state index is 0.217. The van der Waals surface area contributed by atoms with Crippen molar-refractivity contribution < 1.29 is 27.2 Å². The number of nitrogens with one attached hydrogen (secondary N) is 1. The van der Waals surface area contributed by atoms with E-state index in [1.54, 1.807) is 0 Å². The molecule has 2 N–H and O–H groups in total. The van der Waals surface area contributed by atoms with Gasteiger partial charge in [-0.1, -0.05) is 36.4 Å². The first kappa shape index (κ1) is 26.5. The molecule has 1 unspecified atom stereocenters. The average Bonchev–Trinajstić information content (AvgIpc) is 3.06. The van der Waals surface area contributed by atoms with Crippen LogP contribution < -0.4 is 14.4 Å². The SMILES string of the molecule is CN=S(=O)(N[C@H]1CCC[C@@H](N2c3ccccc3CCc3ccccc32)[C@@H]1O)c1ccc(OC(F)(F)F)cc1. The van der Waals surface area contributed by atoms with Crippen LogP contribution in [0, 0.1) is 0 Å². The highest BCUT2D eigenvalue weighted by molar-refractivity contribution is 7.91. The molecule has 3 aromatic carbocycles. The van der Waals surface area contributed by atoms with E-state index in [0.717, 1.165) is 49.2 Å². The third-order valence-electron chi connectivity index (χ3n) is 7.26. The van der Waals surface area contributed by atoms with Gasteiger partial charge in [0.15, 0.2) is 0 Å². The Kier molecular flexibility index (Phi) is 7.39. The fourth-order valence-electron chi connectivity index (χ4n) is 5.50. The maximum atomic E-state index is 13.8. The Balaban J connectivity index is 1.44. The lowest BCUT2D eigenvalue weighted by Crippen LogP contribution is -2.55. The summed E-state index contributed by atoms with van der Waals surface area (Å²) in [5, 5.41) is 11.7. The van der Waals surface area contributed by atoms with Crippen LogP contribution >= 0.6 is 0 Å². The van der Waals surface area contributed by atoms with E-state index < -0.39 is 34.2 Å². The van der Waals surface area contributed by atoms with Gasteiger partial charge in [-0.2, -0.15) is 0 Å². The van der Waals surface area contributed by atoms with E-state index in [1.807, 2.05) is 24.3 Å². The maximum absolute atomic E-state index is 13.8. The number of hydrogen-bond acceptors (Lipinski definition) is 5. The predicted molar refractivity (Wildman–Crippen MR) is 141 cm³/mol. The second-order valence-corrected chi connectivity index (χ2v) is 11.7. The monoisotopic (exact) mass is 545 g/mol. The molecule has 1 fully saturated rings. The first-order valence-corrected chi connectivity index (χ1v) is 14.1. The van der Waals surface area contributed by atoms with Gasteiger partial charge in [-0.3, -0.25) is 0 Å². The molecule has 0 bridgehead atoms. The number of benzene rings is 3. The number of alkyl halides is 3. The predicted octanol–water partition coefficient (Wildman–Crippen LogP) is 5.77. The molecule has 1 heterocycles. The molecule has 1 aliphatic carbocycles. The molecule has 0 saturated heterocycles. The quantitative estimate of drug-likeness (QED) is 0.427. The van der Waals surface area contributed by atoms with E-state index >= 15 is 0 Å². The van der Waals surface area contributed by atoms with Gasteiger partial charge in [-0.25, -0.2) is 13.3 Å². The average molecular weight is 546 g/mol. The number of hydrogen-bond donors (Lipinski definition) is 2. The second kappa shape index (κ2) is 10.6. The topological polar surface area (TPSA) is 74.2 Å². The van der Waals surface area contributed by atoms with Gasteiger partial charge in [0.1, 0.15) is 15.7 Å². The van der Waals surface area contributed by atoms with Gasteiger partial charge in [-0.05, 0) is 79.6 Å². The molecule has 0 spiro atoms. The lowest BCUT2D eigenvalue weighted by Gasteiger charge is -2.43. The number of aliphatic hydroxyl groups excluding tert-OH is 1. The summed E-state index contributed by atoms with van der Waals surface area (Å²) >= 11 is 0. The van der Waals surface area contributed by atoms with Crippen molar-refractivity contribution in [2.45, 2.75) is 61.5 Å². The minimum atomic E-state index is -4.82. The molecule has 1 saturated carbocycles. The fourth-order valence-corrected chi connectivity index (χ4v) is 7.12. The molecule has 2 aliphatic rings.